The lowest BCUT2D eigenvalue weighted by Gasteiger charge is -2.11. The second-order valence-electron chi connectivity index (χ2n) is 4.87. The highest BCUT2D eigenvalue weighted by molar-refractivity contribution is 14.0. The summed E-state index contributed by atoms with van der Waals surface area (Å²) in [5, 5.41) is 8.63. The van der Waals surface area contributed by atoms with Gasteiger partial charge in [0.2, 0.25) is 0 Å². The van der Waals surface area contributed by atoms with Crippen LogP contribution in [-0.4, -0.2) is 33.0 Å². The van der Waals surface area contributed by atoms with E-state index in [4.69, 9.17) is 0 Å². The van der Waals surface area contributed by atoms with E-state index in [-0.39, 0.29) is 24.0 Å². The first-order valence-electron chi connectivity index (χ1n) is 7.39. The first-order chi connectivity index (χ1) is 10.8. The highest BCUT2D eigenvalue weighted by atomic mass is 127. The summed E-state index contributed by atoms with van der Waals surface area (Å²) in [6.07, 6.45) is 8.16. The average molecular weight is 444 g/mol. The van der Waals surface area contributed by atoms with Crippen LogP contribution in [0.1, 0.15) is 12.6 Å². The molecule has 0 aliphatic heterocycles. The molecule has 3 heterocycles. The lowest BCUT2D eigenvalue weighted by molar-refractivity contribution is 0.665. The number of nitrogens with one attached hydrogen (secondary N) is 2. The zero-order valence-electron chi connectivity index (χ0n) is 13.0. The number of rotatable bonds is 6. The molecule has 23 heavy (non-hydrogen) atoms. The van der Waals surface area contributed by atoms with E-state index in [1.165, 1.54) is 0 Å². The van der Waals surface area contributed by atoms with Crippen molar-refractivity contribution < 1.29 is 0 Å². The molecule has 6 nitrogen and oxygen atoms in total. The van der Waals surface area contributed by atoms with Gasteiger partial charge in [-0.05, 0) is 19.1 Å². The van der Waals surface area contributed by atoms with Crippen LogP contribution in [0.2, 0.25) is 0 Å². The normalized spacial score (nSPS) is 11.4. The highest BCUT2D eigenvalue weighted by Gasteiger charge is 2.02. The summed E-state index contributed by atoms with van der Waals surface area (Å²) < 4.78 is 4.17. The molecule has 0 aromatic carbocycles. The molecule has 8 heteroatoms. The summed E-state index contributed by atoms with van der Waals surface area (Å²) in [5.74, 6) is 0.825. The van der Waals surface area contributed by atoms with E-state index in [1.54, 1.807) is 11.3 Å². The maximum atomic E-state index is 4.59. The second kappa shape index (κ2) is 8.92. The van der Waals surface area contributed by atoms with Crippen LogP contribution in [0.4, 0.5) is 0 Å². The Kier molecular flexibility index (Phi) is 6.90. The maximum Gasteiger partial charge on any atom is 0.193 e. The molecular formula is C15H21IN6S. The predicted molar refractivity (Wildman–Crippen MR) is 106 cm³/mol. The van der Waals surface area contributed by atoms with Crippen LogP contribution in [-0.2, 0) is 13.1 Å². The molecule has 3 aromatic rings. The molecule has 0 radical (unpaired) electrons. The molecule has 3 aromatic heterocycles. The van der Waals surface area contributed by atoms with Crippen LogP contribution in [0.25, 0.3) is 4.96 Å². The van der Waals surface area contributed by atoms with Crippen molar-refractivity contribution in [3.05, 3.63) is 48.0 Å². The number of halogens is 1. The third-order valence-corrected chi connectivity index (χ3v) is 3.99. The third kappa shape index (κ3) is 4.96. The van der Waals surface area contributed by atoms with E-state index in [0.29, 0.717) is 6.54 Å². The molecule has 0 unspecified atom stereocenters. The van der Waals surface area contributed by atoms with E-state index < -0.39 is 0 Å². The Balaban J connectivity index is 0.00000192. The van der Waals surface area contributed by atoms with Gasteiger partial charge in [-0.2, -0.15) is 0 Å². The van der Waals surface area contributed by atoms with Gasteiger partial charge in [0.15, 0.2) is 10.9 Å². The Labute approximate surface area is 156 Å². The molecule has 0 atom stereocenters. The molecule has 2 N–H and O–H groups in total. The monoisotopic (exact) mass is 444 g/mol. The fraction of sp³-hybridized carbons (Fsp3) is 0.333. The molecule has 124 valence electrons. The highest BCUT2D eigenvalue weighted by Crippen LogP contribution is 2.11. The maximum absolute atomic E-state index is 4.59. The van der Waals surface area contributed by atoms with E-state index >= 15 is 0 Å². The Hall–Kier alpha value is -1.55. The molecule has 0 aliphatic rings. The van der Waals surface area contributed by atoms with Gasteiger partial charge in [0.25, 0.3) is 0 Å². The fourth-order valence-corrected chi connectivity index (χ4v) is 2.90. The number of fused-ring (bicyclic) bond motifs is 1. The number of aromatic nitrogens is 3. The zero-order chi connectivity index (χ0) is 15.2. The molecule has 0 bridgehead atoms. The van der Waals surface area contributed by atoms with Crippen LogP contribution in [0.15, 0.2) is 47.3 Å². The van der Waals surface area contributed by atoms with Gasteiger partial charge in [-0.1, -0.05) is 0 Å². The van der Waals surface area contributed by atoms with Gasteiger partial charge < -0.3 is 15.2 Å². The van der Waals surface area contributed by atoms with Gasteiger partial charge >= 0.3 is 0 Å². The van der Waals surface area contributed by atoms with Crippen molar-refractivity contribution in [1.29, 1.82) is 0 Å². The van der Waals surface area contributed by atoms with E-state index in [2.05, 4.69) is 44.5 Å². The van der Waals surface area contributed by atoms with E-state index in [1.807, 2.05) is 34.3 Å². The number of guanidine groups is 1. The Morgan fingerprint density at radius 2 is 2.09 bits per heavy atom. The molecule has 0 fully saturated rings. The Bertz CT molecular complexity index is 702. The van der Waals surface area contributed by atoms with E-state index in [9.17, 15) is 0 Å². The van der Waals surface area contributed by atoms with Gasteiger partial charge in [0, 0.05) is 49.8 Å². The minimum absolute atomic E-state index is 0. The summed E-state index contributed by atoms with van der Waals surface area (Å²) in [7, 11) is 0. The number of hydrogen-bond acceptors (Lipinski definition) is 3. The Morgan fingerprint density at radius 1 is 1.26 bits per heavy atom. The minimum atomic E-state index is 0. The fourth-order valence-electron chi connectivity index (χ4n) is 2.18. The molecular weight excluding hydrogens is 423 g/mol. The third-order valence-electron chi connectivity index (χ3n) is 3.22. The predicted octanol–water partition coefficient (Wildman–Crippen LogP) is 2.57. The Morgan fingerprint density at radius 3 is 2.83 bits per heavy atom. The van der Waals surface area contributed by atoms with Crippen molar-refractivity contribution in [2.45, 2.75) is 20.0 Å². The number of imidazole rings is 1. The van der Waals surface area contributed by atoms with Gasteiger partial charge in [-0.3, -0.25) is 4.40 Å². The average Bonchev–Trinajstić information content (AvgIpc) is 3.21. The van der Waals surface area contributed by atoms with Crippen molar-refractivity contribution in [3.63, 3.8) is 0 Å². The number of aliphatic imine (C=N–C) groups is 1. The first-order valence-corrected chi connectivity index (χ1v) is 8.27. The molecule has 0 saturated carbocycles. The van der Waals surface area contributed by atoms with Gasteiger partial charge in [0.05, 0.1) is 12.2 Å². The smallest absolute Gasteiger partial charge is 0.193 e. The lowest BCUT2D eigenvalue weighted by Crippen LogP contribution is -2.38. The molecule has 0 aliphatic carbocycles. The SMILES string of the molecule is CCNC(=NCc1cn2ccsc2n1)NCCn1cccc1.I. The van der Waals surface area contributed by atoms with Crippen LogP contribution < -0.4 is 10.6 Å². The number of hydrogen-bond donors (Lipinski definition) is 2. The standard InChI is InChI=1S/C15H20N6S.HI/c1-2-16-14(17-5-8-20-6-3-4-7-20)18-11-13-12-21-9-10-22-15(21)19-13;/h3-4,6-7,9-10,12H,2,5,8,11H2,1H3,(H2,16,17,18);1H. The molecule has 0 amide bonds. The quantitative estimate of drug-likeness (QED) is 0.349. The summed E-state index contributed by atoms with van der Waals surface area (Å²) >= 11 is 1.63. The van der Waals surface area contributed by atoms with Crippen molar-refractivity contribution in [2.75, 3.05) is 13.1 Å². The number of thiazole rings is 1. The summed E-state index contributed by atoms with van der Waals surface area (Å²) in [5.41, 5.74) is 0.981. The van der Waals surface area contributed by atoms with E-state index in [0.717, 1.165) is 36.2 Å². The van der Waals surface area contributed by atoms with Crippen molar-refractivity contribution in [3.8, 4) is 0 Å². The summed E-state index contributed by atoms with van der Waals surface area (Å²) in [6, 6.07) is 4.06. The zero-order valence-corrected chi connectivity index (χ0v) is 16.1. The minimum Gasteiger partial charge on any atom is -0.357 e. The molecule has 0 saturated heterocycles. The van der Waals surface area contributed by atoms with Gasteiger partial charge in [0.1, 0.15) is 0 Å². The number of nitrogens with zero attached hydrogens (tertiary/aromatic N) is 4. The van der Waals surface area contributed by atoms with Crippen LogP contribution in [0.5, 0.6) is 0 Å². The lowest BCUT2D eigenvalue weighted by atomic mass is 10.5. The molecule has 3 rings (SSSR count). The topological polar surface area (TPSA) is 58.6 Å². The van der Waals surface area contributed by atoms with Gasteiger partial charge in [-0.15, -0.1) is 35.3 Å². The van der Waals surface area contributed by atoms with Crippen LogP contribution >= 0.6 is 35.3 Å². The van der Waals surface area contributed by atoms with Gasteiger partial charge in [-0.25, -0.2) is 9.98 Å². The second-order valence-corrected chi connectivity index (χ2v) is 5.74. The summed E-state index contributed by atoms with van der Waals surface area (Å²) in [6.45, 7) is 5.23. The first kappa shape index (κ1) is 17.8. The van der Waals surface area contributed by atoms with Crippen molar-refractivity contribution in [1.82, 2.24) is 24.6 Å². The largest absolute Gasteiger partial charge is 0.357 e. The van der Waals surface area contributed by atoms with Crippen molar-refractivity contribution in [2.24, 2.45) is 4.99 Å². The summed E-state index contributed by atoms with van der Waals surface area (Å²) in [4.78, 5) is 10.1. The van der Waals surface area contributed by atoms with Crippen molar-refractivity contribution >= 4 is 46.2 Å². The van der Waals surface area contributed by atoms with Crippen LogP contribution in [0.3, 0.4) is 0 Å². The molecule has 0 spiro atoms. The van der Waals surface area contributed by atoms with Crippen LogP contribution in [0, 0.1) is 0 Å².